The van der Waals surface area contributed by atoms with E-state index in [0.29, 0.717) is 5.41 Å². The van der Waals surface area contributed by atoms with Gasteiger partial charge < -0.3 is 0 Å². The molecule has 0 spiro atoms. The Bertz CT molecular complexity index is 367. The van der Waals surface area contributed by atoms with Crippen LogP contribution >= 0.6 is 0 Å². The lowest BCUT2D eigenvalue weighted by Crippen LogP contribution is -2.23. The minimum Gasteiger partial charge on any atom is -0.0772 e. The average Bonchev–Trinajstić information content (AvgIpc) is 2.63. The first-order chi connectivity index (χ1) is 7.86. The summed E-state index contributed by atoms with van der Waals surface area (Å²) in [6.45, 7) is 14.2. The Kier molecular flexibility index (Phi) is 3.27. The van der Waals surface area contributed by atoms with Gasteiger partial charge in [0.15, 0.2) is 0 Å². The lowest BCUT2D eigenvalue weighted by molar-refractivity contribution is 0.325. The van der Waals surface area contributed by atoms with Crippen LogP contribution in [-0.4, -0.2) is 0 Å². The van der Waals surface area contributed by atoms with Crippen molar-refractivity contribution in [3.63, 3.8) is 0 Å². The van der Waals surface area contributed by atoms with E-state index in [1.54, 1.807) is 16.7 Å². The smallest absolute Gasteiger partial charge is 0.0132 e. The van der Waals surface area contributed by atoms with Crippen LogP contribution in [0, 0.1) is 23.2 Å². The molecule has 0 saturated heterocycles. The predicted molar refractivity (Wildman–Crippen MR) is 75.9 cm³/mol. The van der Waals surface area contributed by atoms with E-state index in [1.807, 2.05) is 0 Å². The van der Waals surface area contributed by atoms with Crippen molar-refractivity contribution in [2.75, 3.05) is 0 Å². The molecule has 2 atom stereocenters. The Balaban J connectivity index is 2.31. The predicted octanol–water partition coefficient (Wildman–Crippen LogP) is 5.36. The van der Waals surface area contributed by atoms with E-state index in [-0.39, 0.29) is 0 Å². The molecule has 2 aliphatic rings. The van der Waals surface area contributed by atoms with E-state index in [1.165, 1.54) is 19.3 Å². The number of allylic oxidation sites excluding steroid dienone is 4. The molecule has 2 bridgehead atoms. The van der Waals surface area contributed by atoms with Gasteiger partial charge in [0, 0.05) is 5.41 Å². The molecule has 2 unspecified atom stereocenters. The monoisotopic (exact) mass is 232 g/mol. The highest BCUT2D eigenvalue weighted by atomic mass is 14.5. The molecule has 2 aliphatic carbocycles. The Morgan fingerprint density at radius 3 is 2.29 bits per heavy atom. The maximum atomic E-state index is 2.60. The number of rotatable bonds is 4. The maximum absolute atomic E-state index is 2.60. The van der Waals surface area contributed by atoms with Crippen LogP contribution in [-0.2, 0) is 0 Å². The van der Waals surface area contributed by atoms with Crippen molar-refractivity contribution in [2.45, 2.75) is 60.8 Å². The molecule has 0 aliphatic heterocycles. The van der Waals surface area contributed by atoms with E-state index >= 15 is 0 Å². The first-order valence-electron chi connectivity index (χ1n) is 7.26. The van der Waals surface area contributed by atoms with Gasteiger partial charge in [0.2, 0.25) is 0 Å². The second-order valence-electron chi connectivity index (χ2n) is 7.09. The van der Waals surface area contributed by atoms with Gasteiger partial charge >= 0.3 is 0 Å². The normalized spacial score (nSPS) is 32.0. The van der Waals surface area contributed by atoms with E-state index in [0.717, 1.165) is 17.8 Å². The molecule has 0 fully saturated rings. The zero-order valence-electron chi connectivity index (χ0n) is 12.4. The van der Waals surface area contributed by atoms with Crippen LogP contribution in [0.5, 0.6) is 0 Å². The molecule has 17 heavy (non-hydrogen) atoms. The minimum absolute atomic E-state index is 0.452. The van der Waals surface area contributed by atoms with E-state index in [9.17, 15) is 0 Å². The number of hydrogen-bond acceptors (Lipinski definition) is 0. The Morgan fingerprint density at radius 1 is 1.18 bits per heavy atom. The van der Waals surface area contributed by atoms with Gasteiger partial charge in [0.1, 0.15) is 0 Å². The average molecular weight is 232 g/mol. The summed E-state index contributed by atoms with van der Waals surface area (Å²) in [5.74, 6) is 2.35. The molecule has 0 amide bonds. The Labute approximate surface area is 107 Å². The summed E-state index contributed by atoms with van der Waals surface area (Å²) in [4.78, 5) is 0. The van der Waals surface area contributed by atoms with Crippen LogP contribution in [0.1, 0.15) is 60.8 Å². The molecule has 0 aromatic rings. The third kappa shape index (κ3) is 2.00. The Morgan fingerprint density at radius 2 is 1.82 bits per heavy atom. The molecule has 0 aromatic heterocycles. The third-order valence-electron chi connectivity index (χ3n) is 4.84. The highest BCUT2D eigenvalue weighted by Crippen LogP contribution is 2.60. The Hall–Kier alpha value is -0.520. The first-order valence-corrected chi connectivity index (χ1v) is 7.26. The van der Waals surface area contributed by atoms with E-state index in [2.05, 4.69) is 47.6 Å². The molecule has 0 nitrogen and oxygen atoms in total. The van der Waals surface area contributed by atoms with Gasteiger partial charge in [0.25, 0.3) is 0 Å². The van der Waals surface area contributed by atoms with Crippen molar-refractivity contribution >= 4 is 0 Å². The molecular formula is C17H28. The highest BCUT2D eigenvalue weighted by molar-refractivity contribution is 5.46. The van der Waals surface area contributed by atoms with Crippen LogP contribution in [0.3, 0.4) is 0 Å². The minimum atomic E-state index is 0.452. The fourth-order valence-electron chi connectivity index (χ4n) is 4.06. The quantitative estimate of drug-likeness (QED) is 0.572. The van der Waals surface area contributed by atoms with Crippen molar-refractivity contribution in [2.24, 2.45) is 23.2 Å². The molecule has 96 valence electrons. The SMILES string of the molecule is CC1=C(C)C2(CC(C)C)CC1C=C2CC(C)C. The van der Waals surface area contributed by atoms with Crippen LogP contribution < -0.4 is 0 Å². The zero-order chi connectivity index (χ0) is 12.8. The van der Waals surface area contributed by atoms with Crippen LogP contribution in [0.15, 0.2) is 22.8 Å². The van der Waals surface area contributed by atoms with Crippen molar-refractivity contribution < 1.29 is 0 Å². The van der Waals surface area contributed by atoms with Gasteiger partial charge in [-0.15, -0.1) is 0 Å². The molecule has 0 heteroatoms. The van der Waals surface area contributed by atoms with Gasteiger partial charge in [-0.2, -0.15) is 0 Å². The summed E-state index contributed by atoms with van der Waals surface area (Å²) in [6.07, 6.45) is 6.63. The summed E-state index contributed by atoms with van der Waals surface area (Å²) in [7, 11) is 0. The summed E-state index contributed by atoms with van der Waals surface area (Å²) in [5.41, 5.74) is 5.58. The first kappa shape index (κ1) is 12.9. The third-order valence-corrected chi connectivity index (χ3v) is 4.84. The van der Waals surface area contributed by atoms with Crippen LogP contribution in [0.25, 0.3) is 0 Å². The van der Waals surface area contributed by atoms with Gasteiger partial charge in [-0.25, -0.2) is 0 Å². The number of hydrogen-bond donors (Lipinski definition) is 0. The lowest BCUT2D eigenvalue weighted by Gasteiger charge is -2.35. The molecule has 2 rings (SSSR count). The molecular weight excluding hydrogens is 204 g/mol. The van der Waals surface area contributed by atoms with Gasteiger partial charge in [-0.05, 0) is 50.9 Å². The summed E-state index contributed by atoms with van der Waals surface area (Å²) >= 11 is 0. The van der Waals surface area contributed by atoms with Crippen LogP contribution in [0.2, 0.25) is 0 Å². The topological polar surface area (TPSA) is 0 Å². The molecule has 0 aromatic carbocycles. The van der Waals surface area contributed by atoms with E-state index in [4.69, 9.17) is 0 Å². The van der Waals surface area contributed by atoms with Gasteiger partial charge in [-0.1, -0.05) is 50.5 Å². The van der Waals surface area contributed by atoms with Crippen molar-refractivity contribution in [1.82, 2.24) is 0 Å². The maximum Gasteiger partial charge on any atom is 0.0132 e. The largest absolute Gasteiger partial charge is 0.0772 e. The molecule has 0 radical (unpaired) electrons. The van der Waals surface area contributed by atoms with Gasteiger partial charge in [-0.3, -0.25) is 0 Å². The zero-order valence-corrected chi connectivity index (χ0v) is 12.4. The van der Waals surface area contributed by atoms with Crippen molar-refractivity contribution in [1.29, 1.82) is 0 Å². The summed E-state index contributed by atoms with van der Waals surface area (Å²) in [5, 5.41) is 0. The molecule has 0 saturated carbocycles. The molecule has 0 N–H and O–H groups in total. The van der Waals surface area contributed by atoms with E-state index < -0.39 is 0 Å². The second-order valence-corrected chi connectivity index (χ2v) is 7.09. The van der Waals surface area contributed by atoms with Gasteiger partial charge in [0.05, 0.1) is 0 Å². The number of fused-ring (bicyclic) bond motifs is 2. The van der Waals surface area contributed by atoms with Crippen molar-refractivity contribution in [3.05, 3.63) is 22.8 Å². The summed E-state index contributed by atoms with van der Waals surface area (Å²) in [6, 6.07) is 0. The van der Waals surface area contributed by atoms with Crippen LogP contribution in [0.4, 0.5) is 0 Å². The summed E-state index contributed by atoms with van der Waals surface area (Å²) < 4.78 is 0. The second kappa shape index (κ2) is 4.30. The fraction of sp³-hybridized carbons (Fsp3) is 0.765. The standard InChI is InChI=1S/C17H28/c1-11(2)7-16-8-15-10-17(16,9-12(3)4)14(6)13(15)5/h8,11-12,15H,7,9-10H2,1-6H3. The molecule has 0 heterocycles. The fourth-order valence-corrected chi connectivity index (χ4v) is 4.06. The highest BCUT2D eigenvalue weighted by Gasteiger charge is 2.48. The van der Waals surface area contributed by atoms with Crippen molar-refractivity contribution in [3.8, 4) is 0 Å². The lowest BCUT2D eigenvalue weighted by atomic mass is 9.69.